The van der Waals surface area contributed by atoms with Gasteiger partial charge in [0.25, 0.3) is 0 Å². The highest BCUT2D eigenvalue weighted by molar-refractivity contribution is 5.85. The SMILES string of the molecule is Cc1c(-c2ccc(CN3CCC(C)C3)c(F)c2)cccc1-c1cccc(-c2nc3cc(CN4CCC[C@H]4C(=O)O)c(OC(F)F)cc3o2)c1C. The fourth-order valence-electron chi connectivity index (χ4n) is 7.61. The van der Waals surface area contributed by atoms with Gasteiger partial charge in [-0.3, -0.25) is 14.6 Å². The number of carboxylic acids is 1. The van der Waals surface area contributed by atoms with Crippen LogP contribution >= 0.6 is 0 Å². The molecule has 0 spiro atoms. The summed E-state index contributed by atoms with van der Waals surface area (Å²) in [6, 6.07) is 19.8. The van der Waals surface area contributed by atoms with Gasteiger partial charge < -0.3 is 14.3 Å². The van der Waals surface area contributed by atoms with E-state index in [2.05, 4.69) is 11.8 Å². The molecule has 5 aromatic rings. The average Bonchev–Trinajstić information content (AvgIpc) is 3.82. The van der Waals surface area contributed by atoms with Gasteiger partial charge in [-0.15, -0.1) is 0 Å². The Labute approximate surface area is 289 Å². The molecular weight excluding hydrogens is 643 g/mol. The van der Waals surface area contributed by atoms with Gasteiger partial charge in [-0.25, -0.2) is 9.37 Å². The summed E-state index contributed by atoms with van der Waals surface area (Å²) in [4.78, 5) is 20.6. The highest BCUT2D eigenvalue weighted by atomic mass is 19.3. The summed E-state index contributed by atoms with van der Waals surface area (Å²) in [5.74, 6) is -0.247. The van der Waals surface area contributed by atoms with E-state index in [4.69, 9.17) is 14.1 Å². The maximum Gasteiger partial charge on any atom is 0.387 e. The minimum Gasteiger partial charge on any atom is -0.480 e. The molecule has 1 unspecified atom stereocenters. The third-order valence-electron chi connectivity index (χ3n) is 10.3. The van der Waals surface area contributed by atoms with Crippen LogP contribution in [0.3, 0.4) is 0 Å². The Morgan fingerprint density at radius 1 is 0.940 bits per heavy atom. The van der Waals surface area contributed by atoms with E-state index in [0.29, 0.717) is 54.4 Å². The number of halogens is 3. The highest BCUT2D eigenvalue weighted by Crippen LogP contribution is 2.39. The van der Waals surface area contributed by atoms with Crippen LogP contribution in [-0.2, 0) is 17.9 Å². The molecule has 7 nitrogen and oxygen atoms in total. The smallest absolute Gasteiger partial charge is 0.387 e. The van der Waals surface area contributed by atoms with Gasteiger partial charge in [-0.1, -0.05) is 49.4 Å². The fourth-order valence-corrected chi connectivity index (χ4v) is 7.61. The number of benzene rings is 4. The Hall–Kier alpha value is -4.67. The zero-order chi connectivity index (χ0) is 35.1. The molecule has 3 heterocycles. The highest BCUT2D eigenvalue weighted by Gasteiger charge is 2.31. The van der Waals surface area contributed by atoms with Crippen LogP contribution in [0.2, 0.25) is 0 Å². The summed E-state index contributed by atoms with van der Waals surface area (Å²) in [5, 5.41) is 9.63. The minimum absolute atomic E-state index is 0.0701. The molecule has 2 aliphatic heterocycles. The van der Waals surface area contributed by atoms with Crippen molar-refractivity contribution in [1.82, 2.24) is 14.8 Å². The van der Waals surface area contributed by atoms with Crippen LogP contribution in [0, 0.1) is 25.6 Å². The molecule has 2 aliphatic rings. The molecule has 0 amide bonds. The van der Waals surface area contributed by atoms with E-state index < -0.39 is 18.6 Å². The lowest BCUT2D eigenvalue weighted by Gasteiger charge is -2.22. The second kappa shape index (κ2) is 13.9. The first-order chi connectivity index (χ1) is 24.0. The summed E-state index contributed by atoms with van der Waals surface area (Å²) >= 11 is 0. The first kappa shape index (κ1) is 33.8. The van der Waals surface area contributed by atoms with E-state index >= 15 is 4.39 Å². The number of carboxylic acid groups (broad SMARTS) is 1. The third-order valence-corrected chi connectivity index (χ3v) is 10.3. The first-order valence-electron chi connectivity index (χ1n) is 17.1. The fraction of sp³-hybridized carbons (Fsp3) is 0.350. The Balaban J connectivity index is 1.20. The van der Waals surface area contributed by atoms with Crippen molar-refractivity contribution in [2.75, 3.05) is 19.6 Å². The Morgan fingerprint density at radius 2 is 1.66 bits per heavy atom. The van der Waals surface area contributed by atoms with Gasteiger partial charge >= 0.3 is 12.6 Å². The standard InChI is InChI=1S/C40H40F3N3O4/c1-23-14-16-45(20-23)21-27-13-12-26(17-33(27)41)29-7-4-8-30(24(29)2)31-9-5-10-32(25(31)3)38-44-34-18-28(22-46-15-6-11-35(46)39(47)48)36(50-40(42)43)19-37(34)49-38/h4-5,7-10,12-13,17-19,23,35,40H,6,11,14-16,20-22H2,1-3H3,(H,47,48)/t23?,35-/m0/s1. The lowest BCUT2D eigenvalue weighted by Crippen LogP contribution is -2.35. The van der Waals surface area contributed by atoms with Crippen molar-refractivity contribution >= 4 is 17.1 Å². The predicted molar refractivity (Wildman–Crippen MR) is 187 cm³/mol. The molecule has 2 fully saturated rings. The number of aliphatic carboxylic acids is 1. The molecule has 0 radical (unpaired) electrons. The van der Waals surface area contributed by atoms with Crippen LogP contribution in [-0.4, -0.2) is 58.1 Å². The molecule has 7 rings (SSSR count). The van der Waals surface area contributed by atoms with Crippen molar-refractivity contribution < 1.29 is 32.2 Å². The number of rotatable bonds is 10. The second-order valence-corrected chi connectivity index (χ2v) is 13.7. The molecule has 1 N–H and O–H groups in total. The summed E-state index contributed by atoms with van der Waals surface area (Å²) in [7, 11) is 0. The monoisotopic (exact) mass is 683 g/mol. The Morgan fingerprint density at radius 3 is 2.34 bits per heavy atom. The number of likely N-dealkylation sites (tertiary alicyclic amines) is 2. The number of fused-ring (bicyclic) bond motifs is 1. The molecule has 0 saturated carbocycles. The number of ether oxygens (including phenoxy) is 1. The van der Waals surface area contributed by atoms with Crippen molar-refractivity contribution in [3.63, 3.8) is 0 Å². The van der Waals surface area contributed by atoms with Gasteiger partial charge in [0, 0.05) is 42.4 Å². The number of carbonyl (C=O) groups is 1. The first-order valence-corrected chi connectivity index (χ1v) is 17.1. The van der Waals surface area contributed by atoms with Gasteiger partial charge in [-0.05, 0) is 104 Å². The van der Waals surface area contributed by atoms with Crippen LogP contribution in [0.5, 0.6) is 5.75 Å². The zero-order valence-corrected chi connectivity index (χ0v) is 28.4. The van der Waals surface area contributed by atoms with Crippen LogP contribution in [0.15, 0.2) is 71.1 Å². The molecule has 1 aromatic heterocycles. The average molecular weight is 684 g/mol. The van der Waals surface area contributed by atoms with Crippen molar-refractivity contribution in [2.24, 2.45) is 5.92 Å². The number of aromatic nitrogens is 1. The lowest BCUT2D eigenvalue weighted by molar-refractivity contribution is -0.142. The van der Waals surface area contributed by atoms with Gasteiger partial charge in [0.1, 0.15) is 23.1 Å². The molecule has 10 heteroatoms. The number of nitrogens with zero attached hydrogens (tertiary/aromatic N) is 3. The van der Waals surface area contributed by atoms with Gasteiger partial charge in [-0.2, -0.15) is 8.78 Å². The summed E-state index contributed by atoms with van der Waals surface area (Å²) in [6.07, 6.45) is 2.35. The molecular formula is C40H40F3N3O4. The predicted octanol–water partition coefficient (Wildman–Crippen LogP) is 9.08. The molecule has 2 atom stereocenters. The largest absolute Gasteiger partial charge is 0.480 e. The molecule has 2 saturated heterocycles. The molecule has 0 aliphatic carbocycles. The van der Waals surface area contributed by atoms with E-state index in [1.54, 1.807) is 17.0 Å². The molecule has 0 bridgehead atoms. The van der Waals surface area contributed by atoms with E-state index in [-0.39, 0.29) is 23.7 Å². The normalized spacial score (nSPS) is 18.5. The lowest BCUT2D eigenvalue weighted by atomic mass is 9.89. The van der Waals surface area contributed by atoms with Gasteiger partial charge in [0.2, 0.25) is 5.89 Å². The number of hydrogen-bond donors (Lipinski definition) is 1. The third kappa shape index (κ3) is 6.74. The van der Waals surface area contributed by atoms with Gasteiger partial charge in [0.15, 0.2) is 5.58 Å². The molecule has 50 heavy (non-hydrogen) atoms. The number of hydrogen-bond acceptors (Lipinski definition) is 6. The van der Waals surface area contributed by atoms with Crippen LogP contribution in [0.1, 0.15) is 48.4 Å². The van der Waals surface area contributed by atoms with Crippen LogP contribution < -0.4 is 4.74 Å². The Kier molecular flexibility index (Phi) is 9.41. The topological polar surface area (TPSA) is 79.0 Å². The summed E-state index contributed by atoms with van der Waals surface area (Å²) < 4.78 is 53.3. The van der Waals surface area contributed by atoms with Crippen molar-refractivity contribution in [2.45, 2.75) is 65.8 Å². The number of alkyl halides is 2. The van der Waals surface area contributed by atoms with Crippen LogP contribution in [0.4, 0.5) is 13.2 Å². The van der Waals surface area contributed by atoms with E-state index in [0.717, 1.165) is 58.5 Å². The second-order valence-electron chi connectivity index (χ2n) is 13.7. The molecule has 260 valence electrons. The Bertz CT molecular complexity index is 2060. The van der Waals surface area contributed by atoms with E-state index in [9.17, 15) is 18.7 Å². The van der Waals surface area contributed by atoms with Gasteiger partial charge in [0.05, 0.1) is 0 Å². The summed E-state index contributed by atoms with van der Waals surface area (Å²) in [6.45, 7) is 6.46. The van der Waals surface area contributed by atoms with Crippen molar-refractivity contribution in [1.29, 1.82) is 0 Å². The number of oxazole rings is 1. The minimum atomic E-state index is -3.06. The van der Waals surface area contributed by atoms with Crippen molar-refractivity contribution in [3.8, 4) is 39.5 Å². The maximum absolute atomic E-state index is 15.4. The zero-order valence-electron chi connectivity index (χ0n) is 28.4. The van der Waals surface area contributed by atoms with Crippen LogP contribution in [0.25, 0.3) is 44.8 Å². The maximum atomic E-state index is 15.4. The molecule has 4 aromatic carbocycles. The van der Waals surface area contributed by atoms with E-state index in [1.165, 1.54) is 6.07 Å². The van der Waals surface area contributed by atoms with E-state index in [1.807, 2.05) is 62.4 Å². The summed E-state index contributed by atoms with van der Waals surface area (Å²) in [5.41, 5.74) is 8.21. The van der Waals surface area contributed by atoms with Crippen molar-refractivity contribution in [3.05, 3.63) is 94.8 Å². The quantitative estimate of drug-likeness (QED) is 0.157.